The van der Waals surface area contributed by atoms with Crippen LogP contribution < -0.4 is 0 Å². The number of aryl methyl sites for hydroxylation is 2. The molecule has 0 aromatic carbocycles. The van der Waals surface area contributed by atoms with Crippen LogP contribution in [-0.2, 0) is 22.6 Å². The van der Waals surface area contributed by atoms with Gasteiger partial charge in [0, 0.05) is 37.7 Å². The van der Waals surface area contributed by atoms with E-state index in [0.29, 0.717) is 32.6 Å². The van der Waals surface area contributed by atoms with E-state index < -0.39 is 5.60 Å². The third-order valence-electron chi connectivity index (χ3n) is 4.68. The minimum absolute atomic E-state index is 0.142. The first-order valence-corrected chi connectivity index (χ1v) is 8.84. The Hall–Kier alpha value is -2.11. The standard InChI is InChI=1S/C19H27N3O3/c1-12-6-13(2)20-16-11-21(10-15(12)16)17(23)7-14-8-22(9-14)18(24)25-19(3,4)5/h6,14H,7-11H2,1-5H3. The fourth-order valence-corrected chi connectivity index (χ4v) is 3.44. The van der Waals surface area contributed by atoms with Crippen molar-refractivity contribution in [1.29, 1.82) is 0 Å². The van der Waals surface area contributed by atoms with Crippen LogP contribution in [0.5, 0.6) is 0 Å². The van der Waals surface area contributed by atoms with Crippen molar-refractivity contribution in [3.8, 4) is 0 Å². The van der Waals surface area contributed by atoms with Crippen molar-refractivity contribution in [2.75, 3.05) is 13.1 Å². The summed E-state index contributed by atoms with van der Waals surface area (Å²) in [6.07, 6.45) is 0.186. The smallest absolute Gasteiger partial charge is 0.410 e. The molecule has 0 spiro atoms. The molecule has 0 aliphatic carbocycles. The molecule has 2 amide bonds. The SMILES string of the molecule is Cc1cc(C)c2c(n1)CN(C(=O)CC1CN(C(=O)OC(C)(C)C)C1)C2. The van der Waals surface area contributed by atoms with Gasteiger partial charge in [-0.15, -0.1) is 0 Å². The zero-order chi connectivity index (χ0) is 18.4. The summed E-state index contributed by atoms with van der Waals surface area (Å²) in [4.78, 5) is 32.6. The summed E-state index contributed by atoms with van der Waals surface area (Å²) < 4.78 is 5.34. The van der Waals surface area contributed by atoms with Gasteiger partial charge in [0.15, 0.2) is 0 Å². The number of carbonyl (C=O) groups excluding carboxylic acids is 2. The summed E-state index contributed by atoms with van der Waals surface area (Å²) in [6, 6.07) is 2.07. The molecule has 0 N–H and O–H groups in total. The van der Waals surface area contributed by atoms with E-state index in [1.54, 1.807) is 4.90 Å². The van der Waals surface area contributed by atoms with Gasteiger partial charge in [-0.25, -0.2) is 4.79 Å². The molecule has 2 aliphatic heterocycles. The first kappa shape index (κ1) is 17.7. The highest BCUT2D eigenvalue weighted by atomic mass is 16.6. The molecule has 25 heavy (non-hydrogen) atoms. The molecule has 6 heteroatoms. The largest absolute Gasteiger partial charge is 0.444 e. The summed E-state index contributed by atoms with van der Waals surface area (Å²) in [5, 5.41) is 0. The average molecular weight is 345 g/mol. The molecule has 3 heterocycles. The van der Waals surface area contributed by atoms with Gasteiger partial charge in [0.25, 0.3) is 0 Å². The number of aromatic nitrogens is 1. The monoisotopic (exact) mass is 345 g/mol. The van der Waals surface area contributed by atoms with Crippen molar-refractivity contribution in [1.82, 2.24) is 14.8 Å². The summed E-state index contributed by atoms with van der Waals surface area (Å²) >= 11 is 0. The molecule has 6 nitrogen and oxygen atoms in total. The van der Waals surface area contributed by atoms with Crippen molar-refractivity contribution < 1.29 is 14.3 Å². The van der Waals surface area contributed by atoms with Crippen molar-refractivity contribution in [3.05, 3.63) is 28.6 Å². The van der Waals surface area contributed by atoms with E-state index in [-0.39, 0.29) is 17.9 Å². The van der Waals surface area contributed by atoms with Crippen LogP contribution >= 0.6 is 0 Å². The maximum Gasteiger partial charge on any atom is 0.410 e. The normalized spacial score (nSPS) is 17.3. The number of hydrogen-bond acceptors (Lipinski definition) is 4. The van der Waals surface area contributed by atoms with Gasteiger partial charge >= 0.3 is 6.09 Å². The average Bonchev–Trinajstić information content (AvgIpc) is 2.84. The zero-order valence-corrected chi connectivity index (χ0v) is 15.8. The summed E-state index contributed by atoms with van der Waals surface area (Å²) in [6.45, 7) is 12.1. The fourth-order valence-electron chi connectivity index (χ4n) is 3.44. The van der Waals surface area contributed by atoms with Crippen molar-refractivity contribution in [2.24, 2.45) is 5.92 Å². The van der Waals surface area contributed by atoms with Gasteiger partial charge in [0.2, 0.25) is 5.91 Å². The van der Waals surface area contributed by atoms with Gasteiger partial charge in [-0.1, -0.05) is 0 Å². The van der Waals surface area contributed by atoms with Gasteiger partial charge < -0.3 is 14.5 Å². The number of rotatable bonds is 2. The van der Waals surface area contributed by atoms with E-state index in [9.17, 15) is 9.59 Å². The Labute approximate surface area is 149 Å². The van der Waals surface area contributed by atoms with Crippen LogP contribution in [0.15, 0.2) is 6.07 Å². The molecule has 136 valence electrons. The first-order chi connectivity index (χ1) is 11.6. The molecule has 0 saturated carbocycles. The Kier molecular flexibility index (Phi) is 4.47. The van der Waals surface area contributed by atoms with E-state index in [4.69, 9.17) is 4.74 Å². The number of nitrogens with zero attached hydrogens (tertiary/aromatic N) is 3. The Morgan fingerprint density at radius 2 is 1.88 bits per heavy atom. The number of carbonyl (C=O) groups is 2. The number of fused-ring (bicyclic) bond motifs is 1. The quantitative estimate of drug-likeness (QED) is 0.827. The number of likely N-dealkylation sites (tertiary alicyclic amines) is 1. The van der Waals surface area contributed by atoms with Crippen LogP contribution in [0.3, 0.4) is 0 Å². The highest BCUT2D eigenvalue weighted by Gasteiger charge is 2.36. The van der Waals surface area contributed by atoms with Gasteiger partial charge in [-0.2, -0.15) is 0 Å². The predicted octanol–water partition coefficient (Wildman–Crippen LogP) is 2.80. The minimum Gasteiger partial charge on any atom is -0.444 e. The molecule has 1 saturated heterocycles. The van der Waals surface area contributed by atoms with Crippen LogP contribution in [0, 0.1) is 19.8 Å². The minimum atomic E-state index is -0.484. The summed E-state index contributed by atoms with van der Waals surface area (Å²) in [5.74, 6) is 0.364. The molecular formula is C19H27N3O3. The van der Waals surface area contributed by atoms with Crippen LogP contribution in [0.2, 0.25) is 0 Å². The van der Waals surface area contributed by atoms with E-state index in [1.165, 1.54) is 11.1 Å². The lowest BCUT2D eigenvalue weighted by atomic mass is 9.96. The van der Waals surface area contributed by atoms with E-state index >= 15 is 0 Å². The van der Waals surface area contributed by atoms with Crippen LogP contribution in [0.1, 0.15) is 49.7 Å². The lowest BCUT2D eigenvalue weighted by Crippen LogP contribution is -2.52. The van der Waals surface area contributed by atoms with Crippen molar-refractivity contribution in [3.63, 3.8) is 0 Å². The zero-order valence-electron chi connectivity index (χ0n) is 15.8. The topological polar surface area (TPSA) is 62.7 Å². The second kappa shape index (κ2) is 6.32. The van der Waals surface area contributed by atoms with Crippen molar-refractivity contribution >= 4 is 12.0 Å². The Bertz CT molecular complexity index is 703. The summed E-state index contributed by atoms with van der Waals surface area (Å²) in [5.41, 5.74) is 3.93. The molecule has 3 rings (SSSR count). The third kappa shape index (κ3) is 3.94. The second-order valence-electron chi connectivity index (χ2n) is 8.21. The van der Waals surface area contributed by atoms with Crippen LogP contribution in [-0.4, -0.2) is 45.5 Å². The molecule has 0 atom stereocenters. The molecule has 1 aromatic heterocycles. The summed E-state index contributed by atoms with van der Waals surface area (Å²) in [7, 11) is 0. The third-order valence-corrected chi connectivity index (χ3v) is 4.68. The maximum absolute atomic E-state index is 12.6. The number of pyridine rings is 1. The Morgan fingerprint density at radius 3 is 2.52 bits per heavy atom. The van der Waals surface area contributed by atoms with Gasteiger partial charge in [-0.3, -0.25) is 9.78 Å². The molecular weight excluding hydrogens is 318 g/mol. The second-order valence-corrected chi connectivity index (χ2v) is 8.21. The molecule has 0 unspecified atom stereocenters. The van der Waals surface area contributed by atoms with Gasteiger partial charge in [-0.05, 0) is 51.8 Å². The molecule has 0 radical (unpaired) electrons. The Balaban J connectivity index is 1.49. The molecule has 0 bridgehead atoms. The highest BCUT2D eigenvalue weighted by Crippen LogP contribution is 2.28. The van der Waals surface area contributed by atoms with E-state index in [0.717, 1.165) is 11.4 Å². The lowest BCUT2D eigenvalue weighted by Gasteiger charge is -2.39. The van der Waals surface area contributed by atoms with Gasteiger partial charge in [0.1, 0.15) is 5.60 Å². The van der Waals surface area contributed by atoms with Crippen molar-refractivity contribution in [2.45, 2.75) is 59.7 Å². The molecule has 2 aliphatic rings. The van der Waals surface area contributed by atoms with Gasteiger partial charge in [0.05, 0.1) is 12.2 Å². The van der Waals surface area contributed by atoms with Crippen LogP contribution in [0.25, 0.3) is 0 Å². The Morgan fingerprint density at radius 1 is 1.20 bits per heavy atom. The highest BCUT2D eigenvalue weighted by molar-refractivity contribution is 5.78. The lowest BCUT2D eigenvalue weighted by molar-refractivity contribution is -0.134. The number of amides is 2. The number of ether oxygens (including phenoxy) is 1. The van der Waals surface area contributed by atoms with E-state index in [2.05, 4.69) is 18.0 Å². The maximum atomic E-state index is 12.6. The number of hydrogen-bond donors (Lipinski definition) is 0. The molecule has 1 fully saturated rings. The van der Waals surface area contributed by atoms with E-state index in [1.807, 2.05) is 32.6 Å². The predicted molar refractivity (Wildman–Crippen MR) is 93.9 cm³/mol. The fraction of sp³-hybridized carbons (Fsp3) is 0.632. The van der Waals surface area contributed by atoms with Crippen LogP contribution in [0.4, 0.5) is 4.79 Å². The first-order valence-electron chi connectivity index (χ1n) is 8.84. The molecule has 1 aromatic rings.